The molecule has 26 heavy (non-hydrogen) atoms. The highest BCUT2D eigenvalue weighted by Crippen LogP contribution is 2.24. The number of imide groups is 1. The first-order valence-corrected chi connectivity index (χ1v) is 9.02. The fourth-order valence-electron chi connectivity index (χ4n) is 3.50. The van der Waals surface area contributed by atoms with Gasteiger partial charge < -0.3 is 10.2 Å². The molecule has 6 nitrogen and oxygen atoms in total. The Morgan fingerprint density at radius 3 is 2.42 bits per heavy atom. The van der Waals surface area contributed by atoms with Gasteiger partial charge in [-0.25, -0.2) is 0 Å². The zero-order valence-electron chi connectivity index (χ0n) is 15.1. The average molecular weight is 380 g/mol. The van der Waals surface area contributed by atoms with E-state index in [0.29, 0.717) is 6.54 Å². The third-order valence-corrected chi connectivity index (χ3v) is 5.04. The lowest BCUT2D eigenvalue weighted by Crippen LogP contribution is -2.49. The van der Waals surface area contributed by atoms with E-state index in [4.69, 9.17) is 0 Å². The van der Waals surface area contributed by atoms with Crippen molar-refractivity contribution in [1.29, 1.82) is 0 Å². The second-order valence-electron chi connectivity index (χ2n) is 6.59. The van der Waals surface area contributed by atoms with Crippen LogP contribution in [0.1, 0.15) is 43.4 Å². The SMILES string of the molecule is CCc1ccc(C2CNCCN2C(=O)CCN2C(=O)CCC2=O)cc1.Cl. The predicted molar refractivity (Wildman–Crippen MR) is 101 cm³/mol. The van der Waals surface area contributed by atoms with Gasteiger partial charge in [0.25, 0.3) is 0 Å². The van der Waals surface area contributed by atoms with Crippen molar-refractivity contribution >= 4 is 30.1 Å². The molecule has 1 unspecified atom stereocenters. The Bertz CT molecular complexity index is 646. The number of hydrogen-bond acceptors (Lipinski definition) is 4. The third kappa shape index (κ3) is 4.43. The van der Waals surface area contributed by atoms with E-state index in [0.717, 1.165) is 25.1 Å². The Kier molecular flexibility index (Phi) is 7.17. The van der Waals surface area contributed by atoms with Crippen molar-refractivity contribution < 1.29 is 14.4 Å². The van der Waals surface area contributed by atoms with Gasteiger partial charge in [0.2, 0.25) is 17.7 Å². The number of nitrogens with one attached hydrogen (secondary N) is 1. The van der Waals surface area contributed by atoms with Crippen molar-refractivity contribution in [2.24, 2.45) is 0 Å². The molecule has 7 heteroatoms. The van der Waals surface area contributed by atoms with E-state index in [1.54, 1.807) is 0 Å². The largest absolute Gasteiger partial charge is 0.333 e. The average Bonchev–Trinajstić information content (AvgIpc) is 2.97. The summed E-state index contributed by atoms with van der Waals surface area (Å²) in [6.45, 7) is 4.44. The smallest absolute Gasteiger partial charge is 0.229 e. The third-order valence-electron chi connectivity index (χ3n) is 5.04. The molecule has 1 atom stereocenters. The van der Waals surface area contributed by atoms with Gasteiger partial charge in [-0.2, -0.15) is 0 Å². The van der Waals surface area contributed by atoms with Gasteiger partial charge in [-0.05, 0) is 17.5 Å². The summed E-state index contributed by atoms with van der Waals surface area (Å²) in [5.74, 6) is -0.326. The molecule has 2 aliphatic heterocycles. The molecular formula is C19H26ClN3O3. The van der Waals surface area contributed by atoms with Gasteiger partial charge >= 0.3 is 0 Å². The molecule has 2 fully saturated rings. The van der Waals surface area contributed by atoms with Gasteiger partial charge in [-0.1, -0.05) is 31.2 Å². The molecule has 0 bridgehead atoms. The Morgan fingerprint density at radius 2 is 1.81 bits per heavy atom. The Balaban J connectivity index is 0.00000243. The number of amides is 3. The van der Waals surface area contributed by atoms with E-state index >= 15 is 0 Å². The first kappa shape index (κ1) is 20.4. The molecule has 2 saturated heterocycles. The number of benzene rings is 1. The van der Waals surface area contributed by atoms with Crippen LogP contribution in [0.5, 0.6) is 0 Å². The van der Waals surface area contributed by atoms with Gasteiger partial charge in [0, 0.05) is 45.4 Å². The molecular weight excluding hydrogens is 354 g/mol. The van der Waals surface area contributed by atoms with Gasteiger partial charge in [0.05, 0.1) is 6.04 Å². The highest BCUT2D eigenvalue weighted by molar-refractivity contribution is 6.02. The molecule has 1 N–H and O–H groups in total. The quantitative estimate of drug-likeness (QED) is 0.790. The number of piperazine rings is 1. The number of carbonyl (C=O) groups is 3. The number of carbonyl (C=O) groups excluding carboxylic acids is 3. The molecule has 2 aliphatic rings. The van der Waals surface area contributed by atoms with Gasteiger partial charge in [-0.3, -0.25) is 19.3 Å². The van der Waals surface area contributed by atoms with Gasteiger partial charge in [-0.15, -0.1) is 12.4 Å². The summed E-state index contributed by atoms with van der Waals surface area (Å²) in [7, 11) is 0. The lowest BCUT2D eigenvalue weighted by Gasteiger charge is -2.37. The van der Waals surface area contributed by atoms with Crippen LogP contribution in [-0.2, 0) is 20.8 Å². The lowest BCUT2D eigenvalue weighted by molar-refractivity contribution is -0.140. The van der Waals surface area contributed by atoms with E-state index in [-0.39, 0.29) is 62.0 Å². The monoisotopic (exact) mass is 379 g/mol. The standard InChI is InChI=1S/C19H25N3O3.ClH/c1-2-14-3-5-15(6-4-14)16-13-20-10-12-21(16)19(25)9-11-22-17(23)7-8-18(22)24;/h3-6,16,20H,2,7-13H2,1H3;1H. The number of likely N-dealkylation sites (tertiary alicyclic amines) is 1. The minimum Gasteiger partial charge on any atom is -0.333 e. The van der Waals surface area contributed by atoms with E-state index in [1.807, 2.05) is 4.90 Å². The van der Waals surface area contributed by atoms with Crippen molar-refractivity contribution in [3.63, 3.8) is 0 Å². The zero-order chi connectivity index (χ0) is 17.8. The molecule has 3 rings (SSSR count). The predicted octanol–water partition coefficient (Wildman–Crippen LogP) is 1.68. The fraction of sp³-hybridized carbons (Fsp3) is 0.526. The van der Waals surface area contributed by atoms with Crippen molar-refractivity contribution in [1.82, 2.24) is 15.1 Å². The van der Waals surface area contributed by atoms with Crippen LogP contribution in [0, 0.1) is 0 Å². The summed E-state index contributed by atoms with van der Waals surface area (Å²) in [4.78, 5) is 39.2. The molecule has 1 aromatic carbocycles. The molecule has 0 saturated carbocycles. The zero-order valence-corrected chi connectivity index (χ0v) is 15.9. The maximum absolute atomic E-state index is 12.7. The molecule has 1 aromatic rings. The van der Waals surface area contributed by atoms with Gasteiger partial charge in [0.15, 0.2) is 0 Å². The Hall–Kier alpha value is -1.92. The first-order valence-electron chi connectivity index (χ1n) is 9.02. The van der Waals surface area contributed by atoms with E-state index < -0.39 is 0 Å². The number of halogens is 1. The molecule has 3 amide bonds. The molecule has 0 radical (unpaired) electrons. The van der Waals surface area contributed by atoms with Crippen LogP contribution in [0.3, 0.4) is 0 Å². The molecule has 0 aromatic heterocycles. The van der Waals surface area contributed by atoms with Crippen molar-refractivity contribution in [3.05, 3.63) is 35.4 Å². The summed E-state index contributed by atoms with van der Waals surface area (Å²) >= 11 is 0. The van der Waals surface area contributed by atoms with Crippen LogP contribution >= 0.6 is 12.4 Å². The van der Waals surface area contributed by atoms with Crippen molar-refractivity contribution in [3.8, 4) is 0 Å². The van der Waals surface area contributed by atoms with Gasteiger partial charge in [0.1, 0.15) is 0 Å². The summed E-state index contributed by atoms with van der Waals surface area (Å²) in [5, 5.41) is 3.35. The van der Waals surface area contributed by atoms with Crippen molar-refractivity contribution in [2.45, 2.75) is 38.6 Å². The second kappa shape index (κ2) is 9.14. The van der Waals surface area contributed by atoms with Crippen LogP contribution in [-0.4, -0.2) is 53.7 Å². The van der Waals surface area contributed by atoms with Crippen LogP contribution in [0.2, 0.25) is 0 Å². The fourth-order valence-corrected chi connectivity index (χ4v) is 3.50. The highest BCUT2D eigenvalue weighted by Gasteiger charge is 2.31. The summed E-state index contributed by atoms with van der Waals surface area (Å²) < 4.78 is 0. The first-order chi connectivity index (χ1) is 12.1. The second-order valence-corrected chi connectivity index (χ2v) is 6.59. The minimum atomic E-state index is -0.162. The summed E-state index contributed by atoms with van der Waals surface area (Å²) in [6, 6.07) is 8.38. The molecule has 2 heterocycles. The van der Waals surface area contributed by atoms with Crippen LogP contribution < -0.4 is 5.32 Å². The lowest BCUT2D eigenvalue weighted by atomic mass is 10.0. The highest BCUT2D eigenvalue weighted by atomic mass is 35.5. The van der Waals surface area contributed by atoms with E-state index in [1.165, 1.54) is 10.5 Å². The minimum absolute atomic E-state index is 0. The molecule has 0 spiro atoms. The van der Waals surface area contributed by atoms with Crippen molar-refractivity contribution in [2.75, 3.05) is 26.2 Å². The number of aryl methyl sites for hydroxylation is 1. The number of rotatable bonds is 5. The van der Waals surface area contributed by atoms with Crippen LogP contribution in [0.15, 0.2) is 24.3 Å². The topological polar surface area (TPSA) is 69.7 Å². The maximum atomic E-state index is 12.7. The number of nitrogens with zero attached hydrogens (tertiary/aromatic N) is 2. The Morgan fingerprint density at radius 1 is 1.15 bits per heavy atom. The molecule has 0 aliphatic carbocycles. The molecule has 142 valence electrons. The van der Waals surface area contributed by atoms with Crippen LogP contribution in [0.4, 0.5) is 0 Å². The van der Waals surface area contributed by atoms with Crippen LogP contribution in [0.25, 0.3) is 0 Å². The Labute approximate surface area is 160 Å². The summed E-state index contributed by atoms with van der Waals surface area (Å²) in [6.07, 6.45) is 1.73. The normalized spacial score (nSPS) is 20.3. The van der Waals surface area contributed by atoms with E-state index in [2.05, 4.69) is 36.5 Å². The maximum Gasteiger partial charge on any atom is 0.229 e. The van der Waals surface area contributed by atoms with E-state index in [9.17, 15) is 14.4 Å². The number of hydrogen-bond donors (Lipinski definition) is 1. The summed E-state index contributed by atoms with van der Waals surface area (Å²) in [5.41, 5.74) is 2.39.